The van der Waals surface area contributed by atoms with Crippen molar-refractivity contribution in [1.29, 1.82) is 0 Å². The van der Waals surface area contributed by atoms with E-state index in [1.165, 1.54) is 5.41 Å². The molecule has 1 aliphatic carbocycles. The van der Waals surface area contributed by atoms with Crippen molar-refractivity contribution in [3.05, 3.63) is 63.7 Å². The third kappa shape index (κ3) is 3.48. The molecule has 3 nitrogen and oxygen atoms in total. The highest BCUT2D eigenvalue weighted by molar-refractivity contribution is 7.92. The summed E-state index contributed by atoms with van der Waals surface area (Å²) in [6.45, 7) is 0. The third-order valence-electron chi connectivity index (χ3n) is 4.03. The number of nitrogens with one attached hydrogen (secondary N) is 1. The summed E-state index contributed by atoms with van der Waals surface area (Å²) in [5.41, 5.74) is 0.457. The summed E-state index contributed by atoms with van der Waals surface area (Å²) in [5, 5.41) is 3.28. The van der Waals surface area contributed by atoms with Gasteiger partial charge in [-0.05, 0) is 35.9 Å². The molecule has 116 valence electrons. The highest BCUT2D eigenvalue weighted by atomic mass is 32.2. The summed E-state index contributed by atoms with van der Waals surface area (Å²) in [4.78, 5) is 1.11. The standard InChI is InChI=1S/C17H19NO2S2/c19-22(20,14-10-15-7-2-1-3-8-15)18-17(11-4-5-12-17)16-9-6-13-21-16/h1-3,6-10,13-14,18H,4-5,11-12H2. The molecule has 1 aliphatic rings. The van der Waals surface area contributed by atoms with Crippen LogP contribution < -0.4 is 4.72 Å². The van der Waals surface area contributed by atoms with E-state index < -0.39 is 15.6 Å². The lowest BCUT2D eigenvalue weighted by Crippen LogP contribution is -2.42. The molecule has 1 heterocycles. The van der Waals surface area contributed by atoms with Gasteiger partial charge in [-0.1, -0.05) is 49.2 Å². The van der Waals surface area contributed by atoms with Gasteiger partial charge in [0.2, 0.25) is 10.0 Å². The summed E-state index contributed by atoms with van der Waals surface area (Å²) in [5.74, 6) is 0. The summed E-state index contributed by atoms with van der Waals surface area (Å²) in [6, 6.07) is 13.5. The molecule has 2 aromatic rings. The smallest absolute Gasteiger partial charge is 0.208 e. The Balaban J connectivity index is 1.82. The van der Waals surface area contributed by atoms with Crippen molar-refractivity contribution in [2.24, 2.45) is 0 Å². The lowest BCUT2D eigenvalue weighted by atomic mass is 9.97. The number of thiophene rings is 1. The van der Waals surface area contributed by atoms with Gasteiger partial charge in [-0.3, -0.25) is 0 Å². The number of hydrogen-bond acceptors (Lipinski definition) is 3. The van der Waals surface area contributed by atoms with Crippen molar-refractivity contribution in [3.63, 3.8) is 0 Å². The minimum atomic E-state index is -3.47. The maximum Gasteiger partial charge on any atom is 0.234 e. The molecule has 0 amide bonds. The minimum Gasteiger partial charge on any atom is -0.208 e. The van der Waals surface area contributed by atoms with Crippen LogP contribution in [0.4, 0.5) is 0 Å². The summed E-state index contributed by atoms with van der Waals surface area (Å²) < 4.78 is 27.9. The van der Waals surface area contributed by atoms with Crippen LogP contribution in [0, 0.1) is 0 Å². The normalized spacial score (nSPS) is 18.0. The molecule has 1 aromatic carbocycles. The van der Waals surface area contributed by atoms with E-state index in [9.17, 15) is 8.42 Å². The highest BCUT2D eigenvalue weighted by Gasteiger charge is 2.39. The van der Waals surface area contributed by atoms with Gasteiger partial charge in [-0.2, -0.15) is 0 Å². The van der Waals surface area contributed by atoms with Crippen LogP contribution in [0.25, 0.3) is 6.08 Å². The average molecular weight is 333 g/mol. The second-order valence-corrected chi connectivity index (χ2v) is 8.14. The molecule has 3 rings (SSSR count). The Morgan fingerprint density at radius 2 is 1.77 bits per heavy atom. The van der Waals surface area contributed by atoms with Crippen LogP contribution in [0.15, 0.2) is 53.3 Å². The first kappa shape index (κ1) is 15.5. The zero-order chi connectivity index (χ0) is 15.5. The molecule has 1 fully saturated rings. The minimum absolute atomic E-state index is 0.423. The van der Waals surface area contributed by atoms with Crippen LogP contribution in [-0.2, 0) is 15.6 Å². The summed E-state index contributed by atoms with van der Waals surface area (Å²) >= 11 is 1.62. The number of benzene rings is 1. The van der Waals surface area contributed by atoms with E-state index in [1.54, 1.807) is 17.4 Å². The Kier molecular flexibility index (Phi) is 4.47. The van der Waals surface area contributed by atoms with E-state index in [0.29, 0.717) is 0 Å². The molecule has 1 N–H and O–H groups in total. The molecule has 0 saturated heterocycles. The molecule has 0 aliphatic heterocycles. The van der Waals surface area contributed by atoms with E-state index in [0.717, 1.165) is 36.1 Å². The lowest BCUT2D eigenvalue weighted by Gasteiger charge is -2.28. The lowest BCUT2D eigenvalue weighted by molar-refractivity contribution is 0.415. The Morgan fingerprint density at radius 3 is 2.41 bits per heavy atom. The first-order valence-corrected chi connectivity index (χ1v) is 9.83. The van der Waals surface area contributed by atoms with Crippen LogP contribution >= 0.6 is 11.3 Å². The van der Waals surface area contributed by atoms with E-state index in [2.05, 4.69) is 4.72 Å². The Labute approximate surface area is 135 Å². The molecule has 22 heavy (non-hydrogen) atoms. The average Bonchev–Trinajstić information content (AvgIpc) is 3.18. The monoisotopic (exact) mass is 333 g/mol. The Hall–Kier alpha value is -1.43. The van der Waals surface area contributed by atoms with Crippen molar-refractivity contribution >= 4 is 27.4 Å². The van der Waals surface area contributed by atoms with Crippen molar-refractivity contribution in [1.82, 2.24) is 4.72 Å². The number of hydrogen-bond donors (Lipinski definition) is 1. The fraction of sp³-hybridized carbons (Fsp3) is 0.294. The number of sulfonamides is 1. The van der Waals surface area contributed by atoms with Crippen LogP contribution in [0.5, 0.6) is 0 Å². The second-order valence-electron chi connectivity index (χ2n) is 5.63. The second kappa shape index (κ2) is 6.36. The van der Waals surface area contributed by atoms with Gasteiger partial charge in [-0.25, -0.2) is 13.1 Å². The quantitative estimate of drug-likeness (QED) is 0.895. The third-order valence-corrected chi connectivity index (χ3v) is 6.27. The molecule has 0 bridgehead atoms. The maximum absolute atomic E-state index is 12.5. The highest BCUT2D eigenvalue weighted by Crippen LogP contribution is 2.41. The van der Waals surface area contributed by atoms with E-state index in [-0.39, 0.29) is 0 Å². The van der Waals surface area contributed by atoms with Crippen LogP contribution in [0.1, 0.15) is 36.1 Å². The van der Waals surface area contributed by atoms with Gasteiger partial charge in [0.25, 0.3) is 0 Å². The van der Waals surface area contributed by atoms with Gasteiger partial charge in [0, 0.05) is 10.3 Å². The van der Waals surface area contributed by atoms with Gasteiger partial charge >= 0.3 is 0 Å². The van der Waals surface area contributed by atoms with Crippen LogP contribution in [-0.4, -0.2) is 8.42 Å². The van der Waals surface area contributed by atoms with Gasteiger partial charge < -0.3 is 0 Å². The topological polar surface area (TPSA) is 46.2 Å². The molecule has 0 spiro atoms. The first-order chi connectivity index (χ1) is 10.6. The van der Waals surface area contributed by atoms with Gasteiger partial charge in [0.15, 0.2) is 0 Å². The molecule has 5 heteroatoms. The van der Waals surface area contributed by atoms with Crippen LogP contribution in [0.2, 0.25) is 0 Å². The summed E-state index contributed by atoms with van der Waals surface area (Å²) in [7, 11) is -3.47. The van der Waals surface area contributed by atoms with Gasteiger partial charge in [0.05, 0.1) is 5.54 Å². The SMILES string of the molecule is O=S(=O)(C=Cc1ccccc1)NC1(c2cccs2)CCCC1. The van der Waals surface area contributed by atoms with Crippen molar-refractivity contribution in [2.45, 2.75) is 31.2 Å². The van der Waals surface area contributed by atoms with E-state index in [1.807, 2.05) is 47.8 Å². The van der Waals surface area contributed by atoms with Crippen molar-refractivity contribution < 1.29 is 8.42 Å². The summed E-state index contributed by atoms with van der Waals surface area (Å²) in [6.07, 6.45) is 5.49. The molecule has 0 atom stereocenters. The number of rotatable bonds is 5. The van der Waals surface area contributed by atoms with E-state index in [4.69, 9.17) is 0 Å². The largest absolute Gasteiger partial charge is 0.234 e. The predicted molar refractivity (Wildman–Crippen MR) is 92.0 cm³/mol. The molecule has 1 aromatic heterocycles. The van der Waals surface area contributed by atoms with Crippen molar-refractivity contribution in [2.75, 3.05) is 0 Å². The zero-order valence-electron chi connectivity index (χ0n) is 12.2. The first-order valence-electron chi connectivity index (χ1n) is 7.41. The molecular formula is C17H19NO2S2. The van der Waals surface area contributed by atoms with Gasteiger partial charge in [0.1, 0.15) is 0 Å². The molecule has 1 saturated carbocycles. The Morgan fingerprint density at radius 1 is 1.05 bits per heavy atom. The fourth-order valence-corrected chi connectivity index (χ4v) is 5.24. The van der Waals surface area contributed by atoms with Gasteiger partial charge in [-0.15, -0.1) is 11.3 Å². The predicted octanol–water partition coefficient (Wildman–Crippen LogP) is 4.11. The molecule has 0 radical (unpaired) electrons. The zero-order valence-corrected chi connectivity index (χ0v) is 13.9. The fourth-order valence-electron chi connectivity index (χ4n) is 2.97. The van der Waals surface area contributed by atoms with Crippen molar-refractivity contribution in [3.8, 4) is 0 Å². The van der Waals surface area contributed by atoms with Crippen LogP contribution in [0.3, 0.4) is 0 Å². The Bertz CT molecular complexity index is 728. The molecular weight excluding hydrogens is 314 g/mol. The van der Waals surface area contributed by atoms with E-state index >= 15 is 0 Å². The maximum atomic E-state index is 12.5. The molecule has 0 unspecified atom stereocenters.